The molecule has 2 unspecified atom stereocenters. The molecule has 1 aromatic heterocycles. The maximum absolute atomic E-state index is 15.1. The summed E-state index contributed by atoms with van der Waals surface area (Å²) in [7, 11) is -3.07. The van der Waals surface area contributed by atoms with Crippen LogP contribution in [0.25, 0.3) is 38.3 Å². The second-order valence-electron chi connectivity index (χ2n) is 13.3. The lowest BCUT2D eigenvalue weighted by Crippen LogP contribution is -2.36. The monoisotopic (exact) mass is 611 g/mol. The highest BCUT2D eigenvalue weighted by Crippen LogP contribution is 2.55. The van der Waals surface area contributed by atoms with E-state index in [4.69, 9.17) is 0 Å². The normalized spacial score (nSPS) is 18.3. The Kier molecular flexibility index (Phi) is 5.98. The first-order valence-electron chi connectivity index (χ1n) is 16.1. The summed E-state index contributed by atoms with van der Waals surface area (Å²) in [6.45, 7) is 4.81. The van der Waals surface area contributed by atoms with Gasteiger partial charge in [-0.3, -0.25) is 0 Å². The summed E-state index contributed by atoms with van der Waals surface area (Å²) < 4.78 is 17.6. The van der Waals surface area contributed by atoms with Crippen LogP contribution in [0.3, 0.4) is 0 Å². The average molecular weight is 612 g/mol. The predicted molar refractivity (Wildman–Crippen MR) is 195 cm³/mol. The Morgan fingerprint density at radius 3 is 1.98 bits per heavy atom. The number of nitrogens with zero attached hydrogens (tertiary/aromatic N) is 1. The summed E-state index contributed by atoms with van der Waals surface area (Å²) >= 11 is 0. The molecule has 46 heavy (non-hydrogen) atoms. The molecule has 0 amide bonds. The number of aromatic nitrogens is 1. The van der Waals surface area contributed by atoms with E-state index in [2.05, 4.69) is 116 Å². The lowest BCUT2D eigenvalue weighted by Gasteiger charge is -2.44. The second-order valence-corrected chi connectivity index (χ2v) is 16.1. The van der Waals surface area contributed by atoms with Crippen LogP contribution in [-0.2, 0) is 9.98 Å². The van der Waals surface area contributed by atoms with Gasteiger partial charge in [0.1, 0.15) is 0 Å². The van der Waals surface area contributed by atoms with Crippen LogP contribution in [0, 0.1) is 5.92 Å². The highest BCUT2D eigenvalue weighted by atomic mass is 31.2. The standard InChI is InChI=1S/C43H34NOP/c1-43(2)37-21-11-9-20-35(37)41-40-29(14-13-22-38(40)43)28-36-34-19-10-12-23-39(34)44(42(36)41)30-24-26-33(27-25-30)46(45,31-15-5-3-6-16-31)32-17-7-4-8-18-32/h3-28,35,37H,1-2H3. The van der Waals surface area contributed by atoms with Crippen molar-refractivity contribution in [2.45, 2.75) is 25.2 Å². The van der Waals surface area contributed by atoms with Crippen molar-refractivity contribution in [3.63, 3.8) is 0 Å². The largest absolute Gasteiger partial charge is 0.309 e. The van der Waals surface area contributed by atoms with Gasteiger partial charge in [0.15, 0.2) is 7.14 Å². The van der Waals surface area contributed by atoms with Crippen LogP contribution in [0.1, 0.15) is 30.9 Å². The summed E-state index contributed by atoms with van der Waals surface area (Å²) in [6, 6.07) is 46.4. The summed E-state index contributed by atoms with van der Waals surface area (Å²) in [4.78, 5) is 0. The molecule has 222 valence electrons. The molecule has 0 aliphatic heterocycles. The van der Waals surface area contributed by atoms with E-state index in [0.717, 1.165) is 21.6 Å². The maximum Gasteiger partial charge on any atom is 0.171 e. The van der Waals surface area contributed by atoms with Crippen LogP contribution in [0.5, 0.6) is 0 Å². The van der Waals surface area contributed by atoms with E-state index in [1.165, 1.54) is 43.7 Å². The maximum atomic E-state index is 15.1. The molecule has 0 bridgehead atoms. The molecule has 2 nitrogen and oxygen atoms in total. The van der Waals surface area contributed by atoms with Gasteiger partial charge in [0.25, 0.3) is 0 Å². The van der Waals surface area contributed by atoms with Gasteiger partial charge in [0.2, 0.25) is 0 Å². The number of benzene rings is 6. The van der Waals surface area contributed by atoms with E-state index < -0.39 is 7.14 Å². The summed E-state index contributed by atoms with van der Waals surface area (Å²) in [5.74, 6) is 0.623. The molecule has 7 aromatic rings. The van der Waals surface area contributed by atoms with Gasteiger partial charge >= 0.3 is 0 Å². The number of allylic oxidation sites excluding steroid dienone is 4. The zero-order valence-electron chi connectivity index (χ0n) is 26.0. The fourth-order valence-corrected chi connectivity index (χ4v) is 11.0. The summed E-state index contributed by atoms with van der Waals surface area (Å²) in [5.41, 5.74) is 6.36. The number of fused-ring (bicyclic) bond motifs is 6. The van der Waals surface area contributed by atoms with Crippen LogP contribution in [0.15, 0.2) is 158 Å². The Balaban J connectivity index is 1.34. The van der Waals surface area contributed by atoms with Gasteiger partial charge in [0.05, 0.1) is 11.0 Å². The summed E-state index contributed by atoms with van der Waals surface area (Å²) in [5, 5.41) is 7.76. The Morgan fingerprint density at radius 1 is 0.630 bits per heavy atom. The van der Waals surface area contributed by atoms with Crippen LogP contribution in [-0.4, -0.2) is 4.57 Å². The molecular weight excluding hydrogens is 577 g/mol. The number of rotatable bonds is 4. The topological polar surface area (TPSA) is 22.0 Å². The number of hydrogen-bond acceptors (Lipinski definition) is 1. The van der Waals surface area contributed by atoms with Gasteiger partial charge in [-0.1, -0.05) is 135 Å². The van der Waals surface area contributed by atoms with E-state index in [0.29, 0.717) is 5.92 Å². The Labute approximate surface area is 269 Å². The predicted octanol–water partition coefficient (Wildman–Crippen LogP) is 9.69. The molecule has 2 aliphatic carbocycles. The van der Waals surface area contributed by atoms with Crippen molar-refractivity contribution in [1.82, 2.24) is 4.57 Å². The molecule has 2 atom stereocenters. The zero-order valence-corrected chi connectivity index (χ0v) is 26.9. The van der Waals surface area contributed by atoms with E-state index in [1.54, 1.807) is 0 Å². The van der Waals surface area contributed by atoms with Gasteiger partial charge in [-0.05, 0) is 69.6 Å². The molecule has 3 heteroatoms. The van der Waals surface area contributed by atoms with Gasteiger partial charge in [-0.2, -0.15) is 0 Å². The number of hydrogen-bond donors (Lipinski definition) is 0. The minimum Gasteiger partial charge on any atom is -0.309 e. The highest BCUT2D eigenvalue weighted by Gasteiger charge is 2.43. The first kappa shape index (κ1) is 27.4. The van der Waals surface area contributed by atoms with Gasteiger partial charge < -0.3 is 9.13 Å². The molecule has 2 aliphatic rings. The molecule has 0 fully saturated rings. The minimum atomic E-state index is -3.07. The Morgan fingerprint density at radius 2 is 1.26 bits per heavy atom. The van der Waals surface area contributed by atoms with Gasteiger partial charge in [-0.15, -0.1) is 0 Å². The first-order valence-corrected chi connectivity index (χ1v) is 17.8. The SMILES string of the molecule is CC1(C)c2cccc3cc4c5ccccc5n(-c5ccc(P(=O)(c6ccccc6)c6ccccc6)cc5)c4c(c23)C2C=CC=CC21. The van der Waals surface area contributed by atoms with E-state index in [1.807, 2.05) is 60.7 Å². The van der Waals surface area contributed by atoms with Crippen molar-refractivity contribution in [3.8, 4) is 5.69 Å². The second kappa shape index (κ2) is 10.0. The highest BCUT2D eigenvalue weighted by molar-refractivity contribution is 7.85. The molecule has 0 spiro atoms. The van der Waals surface area contributed by atoms with Crippen molar-refractivity contribution in [2.75, 3.05) is 0 Å². The van der Waals surface area contributed by atoms with Crippen molar-refractivity contribution >= 4 is 55.6 Å². The number of para-hydroxylation sites is 1. The Hall–Kier alpha value is -4.91. The fourth-order valence-electron chi connectivity index (χ4n) is 8.36. The van der Waals surface area contributed by atoms with Crippen LogP contribution < -0.4 is 15.9 Å². The minimum absolute atomic E-state index is 0.000638. The smallest absolute Gasteiger partial charge is 0.171 e. The Bertz CT molecular complexity index is 2370. The summed E-state index contributed by atoms with van der Waals surface area (Å²) in [6.07, 6.45) is 9.28. The molecule has 1 heterocycles. The van der Waals surface area contributed by atoms with Crippen LogP contribution in [0.4, 0.5) is 0 Å². The van der Waals surface area contributed by atoms with Crippen molar-refractivity contribution in [1.29, 1.82) is 0 Å². The molecule has 0 radical (unpaired) electrons. The lowest BCUT2D eigenvalue weighted by atomic mass is 9.59. The molecule has 6 aromatic carbocycles. The van der Waals surface area contributed by atoms with Crippen molar-refractivity contribution in [3.05, 3.63) is 169 Å². The fraction of sp³-hybridized carbons (Fsp3) is 0.116. The van der Waals surface area contributed by atoms with Crippen molar-refractivity contribution in [2.24, 2.45) is 5.92 Å². The van der Waals surface area contributed by atoms with Gasteiger partial charge in [0, 0.05) is 38.3 Å². The van der Waals surface area contributed by atoms with E-state index in [-0.39, 0.29) is 11.3 Å². The zero-order chi connectivity index (χ0) is 31.0. The lowest BCUT2D eigenvalue weighted by molar-refractivity contribution is 0.346. The van der Waals surface area contributed by atoms with E-state index >= 15 is 4.57 Å². The van der Waals surface area contributed by atoms with Gasteiger partial charge in [-0.25, -0.2) is 0 Å². The molecule has 0 N–H and O–H groups in total. The third-order valence-corrected chi connectivity index (χ3v) is 13.6. The van der Waals surface area contributed by atoms with Crippen LogP contribution in [0.2, 0.25) is 0 Å². The quantitative estimate of drug-likeness (QED) is 0.182. The average Bonchev–Trinajstić information content (AvgIpc) is 3.44. The van der Waals surface area contributed by atoms with E-state index in [9.17, 15) is 0 Å². The first-order chi connectivity index (χ1) is 22.5. The third kappa shape index (κ3) is 3.74. The molecule has 0 saturated heterocycles. The van der Waals surface area contributed by atoms with Crippen molar-refractivity contribution < 1.29 is 4.57 Å². The molecule has 0 saturated carbocycles. The molecule has 9 rings (SSSR count). The molecular formula is C43H34NOP. The third-order valence-electron chi connectivity index (χ3n) is 10.5. The van der Waals surface area contributed by atoms with Crippen LogP contribution >= 0.6 is 7.14 Å².